The predicted octanol–water partition coefficient (Wildman–Crippen LogP) is 3.41. The van der Waals surface area contributed by atoms with Gasteiger partial charge < -0.3 is 10.3 Å². The van der Waals surface area contributed by atoms with Gasteiger partial charge in [0, 0.05) is 21.0 Å². The van der Waals surface area contributed by atoms with Crippen LogP contribution in [0, 0.1) is 0 Å². The first kappa shape index (κ1) is 10.6. The normalized spacial score (nSPS) is 10.5. The molecule has 0 spiro atoms. The SMILES string of the molecule is CSc1ccc(Br)cc1-c1cc(N)on1. The Morgan fingerprint density at radius 3 is 2.80 bits per heavy atom. The number of benzene rings is 1. The van der Waals surface area contributed by atoms with E-state index in [4.69, 9.17) is 10.3 Å². The fourth-order valence-corrected chi connectivity index (χ4v) is 2.25. The smallest absolute Gasteiger partial charge is 0.222 e. The molecule has 0 aliphatic heterocycles. The number of hydrogen-bond donors (Lipinski definition) is 1. The molecule has 0 aliphatic rings. The highest BCUT2D eigenvalue weighted by molar-refractivity contribution is 9.10. The summed E-state index contributed by atoms with van der Waals surface area (Å²) in [6.07, 6.45) is 2.02. The topological polar surface area (TPSA) is 52.0 Å². The summed E-state index contributed by atoms with van der Waals surface area (Å²) in [7, 11) is 0. The summed E-state index contributed by atoms with van der Waals surface area (Å²) in [6, 6.07) is 7.76. The zero-order valence-electron chi connectivity index (χ0n) is 8.03. The minimum atomic E-state index is 0.331. The van der Waals surface area contributed by atoms with Gasteiger partial charge in [-0.2, -0.15) is 0 Å². The van der Waals surface area contributed by atoms with E-state index in [0.717, 1.165) is 20.6 Å². The number of halogens is 1. The van der Waals surface area contributed by atoms with Crippen LogP contribution in [0.25, 0.3) is 11.3 Å². The van der Waals surface area contributed by atoms with Crippen LogP contribution < -0.4 is 5.73 Å². The van der Waals surface area contributed by atoms with E-state index >= 15 is 0 Å². The third-order valence-electron chi connectivity index (χ3n) is 1.97. The molecular formula is C10H9BrN2OS. The Hall–Kier alpha value is -0.940. The number of hydrogen-bond acceptors (Lipinski definition) is 4. The van der Waals surface area contributed by atoms with Gasteiger partial charge in [0.25, 0.3) is 0 Å². The van der Waals surface area contributed by atoms with E-state index in [2.05, 4.69) is 21.1 Å². The maximum atomic E-state index is 5.50. The van der Waals surface area contributed by atoms with Crippen LogP contribution in [0.1, 0.15) is 0 Å². The standard InChI is InChI=1S/C10H9BrN2OS/c1-15-9-3-2-6(11)4-7(9)8-5-10(12)14-13-8/h2-5H,12H2,1H3. The van der Waals surface area contributed by atoms with Crippen molar-refractivity contribution in [3.05, 3.63) is 28.7 Å². The summed E-state index contributed by atoms with van der Waals surface area (Å²) in [5, 5.41) is 3.90. The maximum absolute atomic E-state index is 5.50. The fourth-order valence-electron chi connectivity index (χ4n) is 1.30. The van der Waals surface area contributed by atoms with Crippen molar-refractivity contribution in [1.82, 2.24) is 5.16 Å². The van der Waals surface area contributed by atoms with Crippen LogP contribution in [0.3, 0.4) is 0 Å². The second-order valence-electron chi connectivity index (χ2n) is 2.96. The lowest BCUT2D eigenvalue weighted by molar-refractivity contribution is 0.439. The minimum Gasteiger partial charge on any atom is -0.368 e. The van der Waals surface area contributed by atoms with E-state index in [0.29, 0.717) is 5.88 Å². The number of rotatable bonds is 2. The van der Waals surface area contributed by atoms with Crippen molar-refractivity contribution in [1.29, 1.82) is 0 Å². The van der Waals surface area contributed by atoms with Gasteiger partial charge >= 0.3 is 0 Å². The average Bonchev–Trinajstić information content (AvgIpc) is 2.65. The van der Waals surface area contributed by atoms with Crippen molar-refractivity contribution in [2.75, 3.05) is 12.0 Å². The summed E-state index contributed by atoms with van der Waals surface area (Å²) in [5.74, 6) is 0.331. The Morgan fingerprint density at radius 2 is 2.20 bits per heavy atom. The number of anilines is 1. The summed E-state index contributed by atoms with van der Waals surface area (Å²) in [4.78, 5) is 1.14. The van der Waals surface area contributed by atoms with Crippen molar-refractivity contribution in [3.8, 4) is 11.3 Å². The number of thioether (sulfide) groups is 1. The van der Waals surface area contributed by atoms with Crippen molar-refractivity contribution in [2.45, 2.75) is 4.90 Å². The van der Waals surface area contributed by atoms with Crippen molar-refractivity contribution < 1.29 is 4.52 Å². The number of nitrogen functional groups attached to an aromatic ring is 1. The molecule has 0 bridgehead atoms. The molecule has 0 amide bonds. The molecule has 15 heavy (non-hydrogen) atoms. The van der Waals surface area contributed by atoms with Gasteiger partial charge in [-0.25, -0.2) is 0 Å². The van der Waals surface area contributed by atoms with Crippen LogP contribution in [0.15, 0.2) is 38.2 Å². The summed E-state index contributed by atoms with van der Waals surface area (Å²) >= 11 is 5.10. The molecule has 0 aliphatic carbocycles. The molecule has 0 unspecified atom stereocenters. The molecule has 1 aromatic heterocycles. The fraction of sp³-hybridized carbons (Fsp3) is 0.100. The van der Waals surface area contributed by atoms with Gasteiger partial charge in [-0.3, -0.25) is 0 Å². The molecule has 3 nitrogen and oxygen atoms in total. The minimum absolute atomic E-state index is 0.331. The lowest BCUT2D eigenvalue weighted by Gasteiger charge is -2.03. The van der Waals surface area contributed by atoms with E-state index in [1.54, 1.807) is 17.8 Å². The Morgan fingerprint density at radius 1 is 1.40 bits per heavy atom. The summed E-state index contributed by atoms with van der Waals surface area (Å²) in [5.41, 5.74) is 7.29. The molecule has 0 radical (unpaired) electrons. The molecule has 0 atom stereocenters. The van der Waals surface area contributed by atoms with Crippen LogP contribution in [-0.4, -0.2) is 11.4 Å². The van der Waals surface area contributed by atoms with Crippen LogP contribution in [0.4, 0.5) is 5.88 Å². The van der Waals surface area contributed by atoms with Gasteiger partial charge in [0.05, 0.1) is 0 Å². The number of nitrogens with zero attached hydrogens (tertiary/aromatic N) is 1. The van der Waals surface area contributed by atoms with Crippen molar-refractivity contribution in [2.24, 2.45) is 0 Å². The summed E-state index contributed by atoms with van der Waals surface area (Å²) < 4.78 is 5.87. The lowest BCUT2D eigenvalue weighted by atomic mass is 10.1. The van der Waals surface area contributed by atoms with Crippen LogP contribution in [-0.2, 0) is 0 Å². The van der Waals surface area contributed by atoms with Crippen molar-refractivity contribution >= 4 is 33.6 Å². The maximum Gasteiger partial charge on any atom is 0.222 e. The molecular weight excluding hydrogens is 276 g/mol. The third-order valence-corrected chi connectivity index (χ3v) is 3.25. The van der Waals surface area contributed by atoms with Gasteiger partial charge in [0.2, 0.25) is 5.88 Å². The second kappa shape index (κ2) is 4.28. The van der Waals surface area contributed by atoms with E-state index in [1.165, 1.54) is 0 Å². The van der Waals surface area contributed by atoms with E-state index in [9.17, 15) is 0 Å². The van der Waals surface area contributed by atoms with E-state index in [-0.39, 0.29) is 0 Å². The highest BCUT2D eigenvalue weighted by atomic mass is 79.9. The van der Waals surface area contributed by atoms with E-state index < -0.39 is 0 Å². The Labute approximate surface area is 100 Å². The summed E-state index contributed by atoms with van der Waals surface area (Å²) in [6.45, 7) is 0. The Kier molecular flexibility index (Phi) is 3.02. The van der Waals surface area contributed by atoms with Gasteiger partial charge in [-0.05, 0) is 24.5 Å². The van der Waals surface area contributed by atoms with Gasteiger partial charge in [0.1, 0.15) is 5.69 Å². The predicted molar refractivity (Wildman–Crippen MR) is 65.8 cm³/mol. The first-order valence-corrected chi connectivity index (χ1v) is 6.28. The zero-order valence-corrected chi connectivity index (χ0v) is 10.4. The Bertz CT molecular complexity index is 484. The lowest BCUT2D eigenvalue weighted by Crippen LogP contribution is -1.82. The highest BCUT2D eigenvalue weighted by Gasteiger charge is 2.09. The first-order valence-electron chi connectivity index (χ1n) is 4.27. The van der Waals surface area contributed by atoms with E-state index in [1.807, 2.05) is 24.5 Å². The molecule has 5 heteroatoms. The second-order valence-corrected chi connectivity index (χ2v) is 4.72. The number of aromatic nitrogens is 1. The molecule has 0 saturated carbocycles. The van der Waals surface area contributed by atoms with Crippen LogP contribution in [0.5, 0.6) is 0 Å². The van der Waals surface area contributed by atoms with Crippen LogP contribution >= 0.6 is 27.7 Å². The third kappa shape index (κ3) is 2.18. The van der Waals surface area contributed by atoms with Gasteiger partial charge in [0.15, 0.2) is 0 Å². The molecule has 2 aromatic rings. The van der Waals surface area contributed by atoms with Gasteiger partial charge in [-0.1, -0.05) is 21.1 Å². The zero-order chi connectivity index (χ0) is 10.8. The molecule has 1 aromatic carbocycles. The highest BCUT2D eigenvalue weighted by Crippen LogP contribution is 2.32. The average molecular weight is 285 g/mol. The van der Waals surface area contributed by atoms with Gasteiger partial charge in [-0.15, -0.1) is 11.8 Å². The van der Waals surface area contributed by atoms with Crippen LogP contribution in [0.2, 0.25) is 0 Å². The Balaban J connectivity index is 2.55. The molecule has 78 valence electrons. The molecule has 0 saturated heterocycles. The first-order chi connectivity index (χ1) is 7.20. The monoisotopic (exact) mass is 284 g/mol. The molecule has 2 N–H and O–H groups in total. The quantitative estimate of drug-likeness (QED) is 0.859. The van der Waals surface area contributed by atoms with Crippen molar-refractivity contribution in [3.63, 3.8) is 0 Å². The molecule has 1 heterocycles. The largest absolute Gasteiger partial charge is 0.368 e. The number of nitrogens with two attached hydrogens (primary N) is 1. The molecule has 0 fully saturated rings. The molecule has 2 rings (SSSR count).